The molecular formula is C24H29NO3. The molecule has 0 aromatic heterocycles. The van der Waals surface area contributed by atoms with Gasteiger partial charge in [0.15, 0.2) is 0 Å². The van der Waals surface area contributed by atoms with E-state index in [9.17, 15) is 9.90 Å². The second kappa shape index (κ2) is 10.1. The van der Waals surface area contributed by atoms with E-state index in [0.29, 0.717) is 24.0 Å². The molecule has 1 aliphatic rings. The summed E-state index contributed by atoms with van der Waals surface area (Å²) >= 11 is 0. The zero-order valence-electron chi connectivity index (χ0n) is 16.2. The number of para-hydroxylation sites is 1. The van der Waals surface area contributed by atoms with Gasteiger partial charge < -0.3 is 10.2 Å². The van der Waals surface area contributed by atoms with Crippen molar-refractivity contribution in [3.05, 3.63) is 77.9 Å². The number of hydrogen-bond donors (Lipinski definition) is 2. The monoisotopic (exact) mass is 379 g/mol. The van der Waals surface area contributed by atoms with Crippen molar-refractivity contribution in [2.24, 2.45) is 5.92 Å². The molecule has 0 aliphatic carbocycles. The lowest BCUT2D eigenvalue weighted by atomic mass is 9.86. The summed E-state index contributed by atoms with van der Waals surface area (Å²) in [7, 11) is 0. The van der Waals surface area contributed by atoms with Crippen LogP contribution in [0.3, 0.4) is 0 Å². The summed E-state index contributed by atoms with van der Waals surface area (Å²) in [6.45, 7) is 2.85. The molecule has 1 heterocycles. The minimum absolute atomic E-state index is 0.221. The van der Waals surface area contributed by atoms with Crippen LogP contribution in [0.5, 0.6) is 5.75 Å². The normalized spacial score (nSPS) is 20.0. The van der Waals surface area contributed by atoms with Gasteiger partial charge in [-0.2, -0.15) is 0 Å². The zero-order valence-corrected chi connectivity index (χ0v) is 16.2. The molecule has 1 aliphatic heterocycles. The highest BCUT2D eigenvalue weighted by molar-refractivity contribution is 5.66. The molecule has 0 amide bonds. The van der Waals surface area contributed by atoms with Gasteiger partial charge in [-0.05, 0) is 42.4 Å². The molecule has 0 radical (unpaired) electrons. The van der Waals surface area contributed by atoms with Gasteiger partial charge >= 0.3 is 5.97 Å². The Bertz CT molecular complexity index is 787. The van der Waals surface area contributed by atoms with Crippen molar-refractivity contribution in [3.8, 4) is 5.75 Å². The number of aliphatic carboxylic acids is 1. The Balaban J connectivity index is 1.65. The summed E-state index contributed by atoms with van der Waals surface area (Å²) in [6.07, 6.45) is 6.93. The van der Waals surface area contributed by atoms with Gasteiger partial charge in [-0.15, -0.1) is 0 Å². The SMILES string of the molecule is O=C(O)CCC/C=C\CC1CN(Cc2ccccc2)CC1c1ccccc1O. The van der Waals surface area contributed by atoms with Gasteiger partial charge in [0.2, 0.25) is 0 Å². The quantitative estimate of drug-likeness (QED) is 0.485. The number of carboxylic acids is 1. The predicted molar refractivity (Wildman–Crippen MR) is 111 cm³/mol. The van der Waals surface area contributed by atoms with E-state index in [4.69, 9.17) is 5.11 Å². The van der Waals surface area contributed by atoms with Gasteiger partial charge in [-0.1, -0.05) is 60.7 Å². The van der Waals surface area contributed by atoms with E-state index in [1.54, 1.807) is 6.07 Å². The molecule has 3 rings (SSSR count). The molecule has 2 aromatic carbocycles. The number of carboxylic acid groups (broad SMARTS) is 1. The van der Waals surface area contributed by atoms with Crippen LogP contribution < -0.4 is 0 Å². The number of phenolic OH excluding ortho intramolecular Hbond substituents is 1. The predicted octanol–water partition coefficient (Wildman–Crippen LogP) is 4.81. The fraction of sp³-hybridized carbons (Fsp3) is 0.375. The van der Waals surface area contributed by atoms with E-state index < -0.39 is 5.97 Å². The third-order valence-corrected chi connectivity index (χ3v) is 5.47. The van der Waals surface area contributed by atoms with Crippen molar-refractivity contribution in [2.45, 2.75) is 38.1 Å². The van der Waals surface area contributed by atoms with Crippen LogP contribution >= 0.6 is 0 Å². The van der Waals surface area contributed by atoms with Crippen molar-refractivity contribution in [1.29, 1.82) is 0 Å². The maximum atomic E-state index is 10.6. The molecule has 2 N–H and O–H groups in total. The number of allylic oxidation sites excluding steroid dienone is 2. The van der Waals surface area contributed by atoms with Gasteiger partial charge in [0.25, 0.3) is 0 Å². The third kappa shape index (κ3) is 5.70. The minimum Gasteiger partial charge on any atom is -0.508 e. The largest absolute Gasteiger partial charge is 0.508 e. The molecule has 148 valence electrons. The summed E-state index contributed by atoms with van der Waals surface area (Å²) < 4.78 is 0. The van der Waals surface area contributed by atoms with E-state index in [1.165, 1.54) is 5.56 Å². The first-order valence-corrected chi connectivity index (χ1v) is 10.0. The average Bonchev–Trinajstić information content (AvgIpc) is 3.08. The molecule has 28 heavy (non-hydrogen) atoms. The van der Waals surface area contributed by atoms with Gasteiger partial charge in [0.1, 0.15) is 5.75 Å². The van der Waals surface area contributed by atoms with Crippen LogP contribution in [-0.4, -0.2) is 34.2 Å². The second-order valence-electron chi connectivity index (χ2n) is 7.60. The Labute approximate surface area is 167 Å². The summed E-state index contributed by atoms with van der Waals surface area (Å²) in [6, 6.07) is 18.2. The van der Waals surface area contributed by atoms with E-state index in [-0.39, 0.29) is 6.42 Å². The molecule has 2 aromatic rings. The Morgan fingerprint density at radius 3 is 2.54 bits per heavy atom. The average molecular weight is 380 g/mol. The van der Waals surface area contributed by atoms with Crippen LogP contribution in [0.25, 0.3) is 0 Å². The minimum atomic E-state index is -0.736. The number of rotatable bonds is 9. The summed E-state index contributed by atoms with van der Waals surface area (Å²) in [4.78, 5) is 13.1. The van der Waals surface area contributed by atoms with E-state index in [0.717, 1.165) is 38.0 Å². The van der Waals surface area contributed by atoms with Gasteiger partial charge in [0, 0.05) is 32.0 Å². The molecule has 0 saturated carbocycles. The fourth-order valence-electron chi connectivity index (χ4n) is 4.08. The molecule has 0 spiro atoms. The lowest BCUT2D eigenvalue weighted by molar-refractivity contribution is -0.137. The topological polar surface area (TPSA) is 60.8 Å². The maximum Gasteiger partial charge on any atom is 0.303 e. The third-order valence-electron chi connectivity index (χ3n) is 5.47. The first kappa shape index (κ1) is 20.2. The number of carbonyl (C=O) groups is 1. The van der Waals surface area contributed by atoms with Crippen molar-refractivity contribution < 1.29 is 15.0 Å². The van der Waals surface area contributed by atoms with E-state index in [2.05, 4.69) is 41.3 Å². The van der Waals surface area contributed by atoms with Crippen LogP contribution in [0.4, 0.5) is 0 Å². The molecule has 4 nitrogen and oxygen atoms in total. The molecule has 4 heteroatoms. The molecule has 2 atom stereocenters. The van der Waals surface area contributed by atoms with E-state index in [1.807, 2.05) is 24.3 Å². The highest BCUT2D eigenvalue weighted by Crippen LogP contribution is 2.39. The Kier molecular flexibility index (Phi) is 7.26. The molecule has 1 fully saturated rings. The Morgan fingerprint density at radius 1 is 1.04 bits per heavy atom. The van der Waals surface area contributed by atoms with Crippen molar-refractivity contribution in [1.82, 2.24) is 4.90 Å². The van der Waals surface area contributed by atoms with Crippen LogP contribution in [-0.2, 0) is 11.3 Å². The zero-order chi connectivity index (χ0) is 19.8. The molecule has 1 saturated heterocycles. The van der Waals surface area contributed by atoms with Crippen LogP contribution in [0.1, 0.15) is 42.7 Å². The standard InChI is InChI=1S/C24H29NO3/c26-23-14-9-8-13-21(23)22-18-25(16-19-10-4-3-5-11-19)17-20(22)12-6-1-2-7-15-24(27)28/h1,3-6,8-11,13-14,20,22,26H,2,7,12,15-18H2,(H,27,28)/b6-1-. The number of likely N-dealkylation sites (tertiary alicyclic amines) is 1. The molecular weight excluding hydrogens is 350 g/mol. The maximum absolute atomic E-state index is 10.6. The van der Waals surface area contributed by atoms with Crippen LogP contribution in [0.15, 0.2) is 66.7 Å². The fourth-order valence-corrected chi connectivity index (χ4v) is 4.08. The summed E-state index contributed by atoms with van der Waals surface area (Å²) in [5, 5.41) is 19.1. The summed E-state index contributed by atoms with van der Waals surface area (Å²) in [5.41, 5.74) is 2.34. The number of unbranched alkanes of at least 4 members (excludes halogenated alkanes) is 1. The van der Waals surface area contributed by atoms with Gasteiger partial charge in [0.05, 0.1) is 0 Å². The van der Waals surface area contributed by atoms with Crippen LogP contribution in [0, 0.1) is 5.92 Å². The Morgan fingerprint density at radius 2 is 1.79 bits per heavy atom. The first-order chi connectivity index (χ1) is 13.6. The number of benzene rings is 2. The van der Waals surface area contributed by atoms with Gasteiger partial charge in [-0.3, -0.25) is 9.69 Å². The number of aromatic hydroxyl groups is 1. The Hall–Kier alpha value is -2.59. The molecule has 0 bridgehead atoms. The van der Waals surface area contributed by atoms with Crippen molar-refractivity contribution in [2.75, 3.05) is 13.1 Å². The number of nitrogens with zero attached hydrogens (tertiary/aromatic N) is 1. The van der Waals surface area contributed by atoms with Crippen molar-refractivity contribution >= 4 is 5.97 Å². The van der Waals surface area contributed by atoms with Crippen LogP contribution in [0.2, 0.25) is 0 Å². The van der Waals surface area contributed by atoms with Crippen molar-refractivity contribution in [3.63, 3.8) is 0 Å². The smallest absolute Gasteiger partial charge is 0.303 e. The number of hydrogen-bond acceptors (Lipinski definition) is 3. The lowest BCUT2D eigenvalue weighted by Gasteiger charge is -2.18. The first-order valence-electron chi connectivity index (χ1n) is 10.0. The highest BCUT2D eigenvalue weighted by atomic mass is 16.4. The summed E-state index contributed by atoms with van der Waals surface area (Å²) in [5.74, 6) is 0.381. The van der Waals surface area contributed by atoms with Gasteiger partial charge in [-0.25, -0.2) is 0 Å². The number of phenols is 1. The highest BCUT2D eigenvalue weighted by Gasteiger charge is 2.34. The molecule has 2 unspecified atom stereocenters. The van der Waals surface area contributed by atoms with E-state index >= 15 is 0 Å². The second-order valence-corrected chi connectivity index (χ2v) is 7.60. The lowest BCUT2D eigenvalue weighted by Crippen LogP contribution is -2.20.